The first-order chi connectivity index (χ1) is 10.8. The van der Waals surface area contributed by atoms with Crippen molar-refractivity contribution >= 4 is 17.2 Å². The SMILES string of the molecule is O=C(c1cscn1)N1C[C@@H]2COC[C@]2(COCC2CCC2)C1. The number of ether oxygens (including phenoxy) is 2. The monoisotopic (exact) mass is 322 g/mol. The van der Waals surface area contributed by atoms with Gasteiger partial charge in [0.05, 0.1) is 25.3 Å². The summed E-state index contributed by atoms with van der Waals surface area (Å²) in [5, 5.41) is 1.83. The lowest BCUT2D eigenvalue weighted by atomic mass is 9.81. The Kier molecular flexibility index (Phi) is 3.92. The van der Waals surface area contributed by atoms with Crippen LogP contribution in [0.5, 0.6) is 0 Å². The molecule has 0 N–H and O–H groups in total. The summed E-state index contributed by atoms with van der Waals surface area (Å²) < 4.78 is 11.7. The van der Waals surface area contributed by atoms with Crippen LogP contribution in [0.2, 0.25) is 0 Å². The van der Waals surface area contributed by atoms with Gasteiger partial charge in [-0.1, -0.05) is 6.42 Å². The lowest BCUT2D eigenvalue weighted by molar-refractivity contribution is -0.000120. The van der Waals surface area contributed by atoms with Gasteiger partial charge < -0.3 is 14.4 Å². The molecule has 0 unspecified atom stereocenters. The van der Waals surface area contributed by atoms with Gasteiger partial charge in [0.2, 0.25) is 0 Å². The molecule has 0 spiro atoms. The maximum absolute atomic E-state index is 12.5. The van der Waals surface area contributed by atoms with E-state index in [4.69, 9.17) is 9.47 Å². The van der Waals surface area contributed by atoms with Crippen LogP contribution in [0.4, 0.5) is 0 Å². The highest BCUT2D eigenvalue weighted by Crippen LogP contribution is 2.42. The van der Waals surface area contributed by atoms with Gasteiger partial charge in [0, 0.05) is 36.4 Å². The summed E-state index contributed by atoms with van der Waals surface area (Å²) in [7, 11) is 0. The molecule has 1 amide bonds. The van der Waals surface area contributed by atoms with Crippen LogP contribution >= 0.6 is 11.3 Å². The third-order valence-electron chi connectivity index (χ3n) is 5.43. The van der Waals surface area contributed by atoms with Gasteiger partial charge in [0.25, 0.3) is 5.91 Å². The molecule has 6 heteroatoms. The Balaban J connectivity index is 1.39. The molecular weight excluding hydrogens is 300 g/mol. The minimum absolute atomic E-state index is 0.00454. The van der Waals surface area contributed by atoms with E-state index in [1.54, 1.807) is 5.51 Å². The van der Waals surface area contributed by atoms with E-state index in [-0.39, 0.29) is 11.3 Å². The van der Waals surface area contributed by atoms with E-state index in [0.29, 0.717) is 18.2 Å². The van der Waals surface area contributed by atoms with Crippen LogP contribution in [0.25, 0.3) is 0 Å². The molecule has 0 bridgehead atoms. The van der Waals surface area contributed by atoms with Crippen molar-refractivity contribution in [1.29, 1.82) is 0 Å². The molecule has 1 aromatic heterocycles. The minimum atomic E-state index is -0.00454. The van der Waals surface area contributed by atoms with Gasteiger partial charge in [-0.25, -0.2) is 4.98 Å². The van der Waals surface area contributed by atoms with Crippen molar-refractivity contribution in [3.8, 4) is 0 Å². The van der Waals surface area contributed by atoms with Crippen LogP contribution in [0.15, 0.2) is 10.9 Å². The number of rotatable bonds is 5. The van der Waals surface area contributed by atoms with Crippen molar-refractivity contribution in [1.82, 2.24) is 9.88 Å². The first-order valence-electron chi connectivity index (χ1n) is 8.10. The zero-order valence-electron chi connectivity index (χ0n) is 12.7. The lowest BCUT2D eigenvalue weighted by Crippen LogP contribution is -2.38. The van der Waals surface area contributed by atoms with E-state index in [9.17, 15) is 4.79 Å². The van der Waals surface area contributed by atoms with E-state index in [1.165, 1.54) is 30.6 Å². The topological polar surface area (TPSA) is 51.7 Å². The third-order valence-corrected chi connectivity index (χ3v) is 6.01. The quantitative estimate of drug-likeness (QED) is 0.832. The smallest absolute Gasteiger partial charge is 0.273 e. The van der Waals surface area contributed by atoms with Gasteiger partial charge >= 0.3 is 0 Å². The first kappa shape index (κ1) is 14.6. The Labute approximate surface area is 134 Å². The summed E-state index contributed by atoms with van der Waals surface area (Å²) in [5.74, 6) is 1.21. The Bertz CT molecular complexity index is 532. The second-order valence-electron chi connectivity index (χ2n) is 6.95. The van der Waals surface area contributed by atoms with E-state index < -0.39 is 0 Å². The molecule has 3 heterocycles. The van der Waals surface area contributed by atoms with Crippen LogP contribution in [-0.4, -0.2) is 55.3 Å². The molecule has 1 saturated carbocycles. The predicted molar refractivity (Wildman–Crippen MR) is 82.9 cm³/mol. The highest BCUT2D eigenvalue weighted by atomic mass is 32.1. The molecule has 22 heavy (non-hydrogen) atoms. The molecule has 1 aromatic rings. The van der Waals surface area contributed by atoms with Crippen molar-refractivity contribution < 1.29 is 14.3 Å². The van der Waals surface area contributed by atoms with Crippen molar-refractivity contribution in [2.45, 2.75) is 19.3 Å². The van der Waals surface area contributed by atoms with Gasteiger partial charge in [-0.2, -0.15) is 0 Å². The lowest BCUT2D eigenvalue weighted by Gasteiger charge is -2.30. The number of thiazole rings is 1. The number of hydrogen-bond donors (Lipinski definition) is 0. The van der Waals surface area contributed by atoms with Gasteiger partial charge in [0.15, 0.2) is 0 Å². The van der Waals surface area contributed by atoms with Gasteiger partial charge in [-0.15, -0.1) is 11.3 Å². The summed E-state index contributed by atoms with van der Waals surface area (Å²) in [4.78, 5) is 18.6. The summed E-state index contributed by atoms with van der Waals surface area (Å²) in [6.07, 6.45) is 3.96. The number of carbonyl (C=O) groups excluding carboxylic acids is 1. The van der Waals surface area contributed by atoms with E-state index in [0.717, 1.165) is 38.8 Å². The molecule has 2 atom stereocenters. The zero-order chi connectivity index (χ0) is 15.0. The van der Waals surface area contributed by atoms with Crippen LogP contribution in [0.3, 0.4) is 0 Å². The standard InChI is InChI=1S/C16H22N2O3S/c19-15(14-7-22-11-17-14)18-4-13-6-21-10-16(13,8-18)9-20-5-12-2-1-3-12/h7,11-13H,1-6,8-10H2/t13-,16-/m1/s1. The Morgan fingerprint density at radius 1 is 1.55 bits per heavy atom. The third kappa shape index (κ3) is 2.57. The molecule has 3 aliphatic rings. The normalized spacial score (nSPS) is 31.3. The average Bonchev–Trinajstić information content (AvgIpc) is 3.15. The van der Waals surface area contributed by atoms with Crippen LogP contribution < -0.4 is 0 Å². The van der Waals surface area contributed by atoms with E-state index >= 15 is 0 Å². The Hall–Kier alpha value is -0.980. The van der Waals surface area contributed by atoms with Gasteiger partial charge in [-0.05, 0) is 18.8 Å². The number of carbonyl (C=O) groups is 1. The highest BCUT2D eigenvalue weighted by molar-refractivity contribution is 7.07. The maximum Gasteiger partial charge on any atom is 0.273 e. The molecule has 2 saturated heterocycles. The number of fused-ring (bicyclic) bond motifs is 1. The van der Waals surface area contributed by atoms with Gasteiger partial charge in [0.1, 0.15) is 5.69 Å². The molecule has 4 rings (SSSR count). The van der Waals surface area contributed by atoms with Crippen molar-refractivity contribution in [2.75, 3.05) is 39.5 Å². The Morgan fingerprint density at radius 2 is 2.45 bits per heavy atom. The van der Waals surface area contributed by atoms with E-state index in [2.05, 4.69) is 4.98 Å². The Morgan fingerprint density at radius 3 is 3.18 bits per heavy atom. The summed E-state index contributed by atoms with van der Waals surface area (Å²) in [6.45, 7) is 4.54. The van der Waals surface area contributed by atoms with Gasteiger partial charge in [-0.3, -0.25) is 4.79 Å². The minimum Gasteiger partial charge on any atom is -0.380 e. The van der Waals surface area contributed by atoms with Crippen LogP contribution in [0.1, 0.15) is 29.8 Å². The van der Waals surface area contributed by atoms with Crippen LogP contribution in [-0.2, 0) is 9.47 Å². The number of hydrogen-bond acceptors (Lipinski definition) is 5. The van der Waals surface area contributed by atoms with Crippen molar-refractivity contribution in [3.63, 3.8) is 0 Å². The number of nitrogens with zero attached hydrogens (tertiary/aromatic N) is 2. The number of likely N-dealkylation sites (tertiary alicyclic amines) is 1. The molecule has 120 valence electrons. The second kappa shape index (κ2) is 5.91. The fourth-order valence-electron chi connectivity index (χ4n) is 3.76. The first-order valence-corrected chi connectivity index (χ1v) is 9.04. The molecule has 0 radical (unpaired) electrons. The average molecular weight is 322 g/mol. The molecule has 2 aliphatic heterocycles. The summed E-state index contributed by atoms with van der Waals surface area (Å²) in [5.41, 5.74) is 2.27. The van der Waals surface area contributed by atoms with E-state index in [1.807, 2.05) is 10.3 Å². The predicted octanol–water partition coefficient (Wildman–Crippen LogP) is 2.05. The van der Waals surface area contributed by atoms with Crippen LogP contribution in [0, 0.1) is 17.3 Å². The summed E-state index contributed by atoms with van der Waals surface area (Å²) >= 11 is 1.47. The fraction of sp³-hybridized carbons (Fsp3) is 0.750. The molecular formula is C16H22N2O3S. The molecule has 5 nitrogen and oxygen atoms in total. The number of amides is 1. The molecule has 3 fully saturated rings. The van der Waals surface area contributed by atoms with Crippen molar-refractivity contribution in [2.24, 2.45) is 17.3 Å². The summed E-state index contributed by atoms with van der Waals surface area (Å²) in [6, 6.07) is 0. The zero-order valence-corrected chi connectivity index (χ0v) is 13.5. The fourth-order valence-corrected chi connectivity index (χ4v) is 4.29. The second-order valence-corrected chi connectivity index (χ2v) is 7.66. The molecule has 1 aliphatic carbocycles. The highest BCUT2D eigenvalue weighted by Gasteiger charge is 2.52. The largest absolute Gasteiger partial charge is 0.380 e. The molecule has 0 aromatic carbocycles. The number of aromatic nitrogens is 1. The maximum atomic E-state index is 12.5. The van der Waals surface area contributed by atoms with Crippen molar-refractivity contribution in [3.05, 3.63) is 16.6 Å².